The van der Waals surface area contributed by atoms with Crippen molar-refractivity contribution in [2.24, 2.45) is 5.92 Å². The van der Waals surface area contributed by atoms with Crippen molar-refractivity contribution in [3.63, 3.8) is 0 Å². The summed E-state index contributed by atoms with van der Waals surface area (Å²) in [6.45, 7) is 7.08. The van der Waals surface area contributed by atoms with Crippen LogP contribution in [0.1, 0.15) is 44.0 Å². The molecule has 5 heteroatoms. The molecule has 124 valence electrons. The van der Waals surface area contributed by atoms with Gasteiger partial charge in [-0.25, -0.2) is 0 Å². The number of carbonyl (C=O) groups excluding carboxylic acids is 2. The second kappa shape index (κ2) is 9.62. The molecule has 1 aromatic carbocycles. The molecule has 1 amide bonds. The molecule has 0 heterocycles. The molecule has 0 bridgehead atoms. The Morgan fingerprint density at radius 1 is 1.22 bits per heavy atom. The number of ketones is 1. The molecule has 1 aromatic rings. The highest BCUT2D eigenvalue weighted by Crippen LogP contribution is 2.14. The van der Waals surface area contributed by atoms with Crippen LogP contribution in [0.5, 0.6) is 5.75 Å². The number of nitrogens with zero attached hydrogens (tertiary/aromatic N) is 2. The summed E-state index contributed by atoms with van der Waals surface area (Å²) in [6, 6.07) is 9.06. The molecule has 0 fully saturated rings. The van der Waals surface area contributed by atoms with Crippen LogP contribution in [0.3, 0.4) is 0 Å². The third kappa shape index (κ3) is 6.11. The maximum atomic E-state index is 12.1. The van der Waals surface area contributed by atoms with Gasteiger partial charge in [-0.05, 0) is 45.0 Å². The largest absolute Gasteiger partial charge is 0.494 e. The standard InChI is InChI=1S/C18H24N2O3/c1-4-20(13-14(3)12-19)18(22)11-10-17(21)15-6-8-16(9-7-15)23-5-2/h6-9,14H,4-5,10-11,13H2,1-3H3. The zero-order valence-corrected chi connectivity index (χ0v) is 14.0. The molecule has 0 spiro atoms. The van der Waals surface area contributed by atoms with Crippen molar-refractivity contribution < 1.29 is 14.3 Å². The van der Waals surface area contributed by atoms with E-state index in [0.717, 1.165) is 5.75 Å². The van der Waals surface area contributed by atoms with E-state index in [9.17, 15) is 9.59 Å². The first kappa shape index (κ1) is 18.7. The van der Waals surface area contributed by atoms with Gasteiger partial charge in [-0.15, -0.1) is 0 Å². The van der Waals surface area contributed by atoms with Crippen LogP contribution >= 0.6 is 0 Å². The molecule has 1 unspecified atom stereocenters. The van der Waals surface area contributed by atoms with E-state index in [0.29, 0.717) is 25.3 Å². The summed E-state index contributed by atoms with van der Waals surface area (Å²) < 4.78 is 5.33. The maximum Gasteiger partial charge on any atom is 0.223 e. The SMILES string of the molecule is CCOc1ccc(C(=O)CCC(=O)N(CC)CC(C)C#N)cc1. The van der Waals surface area contributed by atoms with Crippen LogP contribution in [0, 0.1) is 17.2 Å². The van der Waals surface area contributed by atoms with Crippen molar-refractivity contribution in [2.45, 2.75) is 33.6 Å². The van der Waals surface area contributed by atoms with E-state index in [4.69, 9.17) is 10.00 Å². The second-order valence-electron chi connectivity index (χ2n) is 5.34. The van der Waals surface area contributed by atoms with E-state index in [2.05, 4.69) is 6.07 Å². The molecule has 0 aliphatic carbocycles. The lowest BCUT2D eigenvalue weighted by Crippen LogP contribution is -2.34. The number of ether oxygens (including phenoxy) is 1. The molecule has 0 aromatic heterocycles. The van der Waals surface area contributed by atoms with Gasteiger partial charge in [0.15, 0.2) is 5.78 Å². The number of benzene rings is 1. The number of hydrogen-bond donors (Lipinski definition) is 0. The summed E-state index contributed by atoms with van der Waals surface area (Å²) in [4.78, 5) is 25.9. The van der Waals surface area contributed by atoms with E-state index in [1.54, 1.807) is 36.1 Å². The number of amides is 1. The first-order valence-electron chi connectivity index (χ1n) is 7.95. The van der Waals surface area contributed by atoms with Gasteiger partial charge in [-0.2, -0.15) is 5.26 Å². The molecule has 0 saturated carbocycles. The number of nitriles is 1. The summed E-state index contributed by atoms with van der Waals surface area (Å²) >= 11 is 0. The van der Waals surface area contributed by atoms with Crippen molar-refractivity contribution in [1.29, 1.82) is 5.26 Å². The minimum Gasteiger partial charge on any atom is -0.494 e. The van der Waals surface area contributed by atoms with Crippen molar-refractivity contribution in [1.82, 2.24) is 4.90 Å². The van der Waals surface area contributed by atoms with Crippen molar-refractivity contribution in [2.75, 3.05) is 19.7 Å². The Hall–Kier alpha value is -2.35. The van der Waals surface area contributed by atoms with Gasteiger partial charge in [0.25, 0.3) is 0 Å². The summed E-state index contributed by atoms with van der Waals surface area (Å²) in [5.41, 5.74) is 0.578. The quantitative estimate of drug-likeness (QED) is 0.656. The average molecular weight is 316 g/mol. The fourth-order valence-corrected chi connectivity index (χ4v) is 2.21. The van der Waals surface area contributed by atoms with Crippen LogP contribution in [0.25, 0.3) is 0 Å². The molecule has 0 aliphatic heterocycles. The molecule has 1 atom stereocenters. The highest BCUT2D eigenvalue weighted by molar-refractivity contribution is 5.98. The predicted octanol–water partition coefficient (Wildman–Crippen LogP) is 3.06. The van der Waals surface area contributed by atoms with Crippen molar-refractivity contribution in [3.05, 3.63) is 29.8 Å². The van der Waals surface area contributed by atoms with E-state index >= 15 is 0 Å². The van der Waals surface area contributed by atoms with Gasteiger partial charge in [0.2, 0.25) is 5.91 Å². The highest BCUT2D eigenvalue weighted by atomic mass is 16.5. The number of carbonyl (C=O) groups is 2. The molecule has 5 nitrogen and oxygen atoms in total. The lowest BCUT2D eigenvalue weighted by Gasteiger charge is -2.21. The van der Waals surface area contributed by atoms with Crippen molar-refractivity contribution in [3.8, 4) is 11.8 Å². The highest BCUT2D eigenvalue weighted by Gasteiger charge is 2.16. The second-order valence-corrected chi connectivity index (χ2v) is 5.34. The third-order valence-corrected chi connectivity index (χ3v) is 3.50. The number of hydrogen-bond acceptors (Lipinski definition) is 4. The lowest BCUT2D eigenvalue weighted by molar-refractivity contribution is -0.131. The van der Waals surface area contributed by atoms with Crippen LogP contribution in [-0.4, -0.2) is 36.3 Å². The fraction of sp³-hybridized carbons (Fsp3) is 0.500. The summed E-state index contributed by atoms with van der Waals surface area (Å²) in [5.74, 6) is 0.364. The molecule has 0 saturated heterocycles. The number of Topliss-reactive ketones (excluding diaryl/α,β-unsaturated/α-hetero) is 1. The summed E-state index contributed by atoms with van der Waals surface area (Å²) in [6.07, 6.45) is 0.336. The summed E-state index contributed by atoms with van der Waals surface area (Å²) in [5, 5.41) is 8.84. The van der Waals surface area contributed by atoms with Crippen molar-refractivity contribution >= 4 is 11.7 Å². The Morgan fingerprint density at radius 2 is 1.87 bits per heavy atom. The van der Waals surface area contributed by atoms with Gasteiger partial charge in [0.05, 0.1) is 18.6 Å². The zero-order valence-electron chi connectivity index (χ0n) is 14.0. The molecule has 0 N–H and O–H groups in total. The maximum absolute atomic E-state index is 12.1. The molecule has 0 radical (unpaired) electrons. The predicted molar refractivity (Wildman–Crippen MR) is 88.2 cm³/mol. The van der Waals surface area contributed by atoms with Gasteiger partial charge in [0, 0.05) is 31.5 Å². The van der Waals surface area contributed by atoms with Gasteiger partial charge < -0.3 is 9.64 Å². The Kier molecular flexibility index (Phi) is 7.82. The van der Waals surface area contributed by atoms with Gasteiger partial charge in [-0.1, -0.05) is 0 Å². The lowest BCUT2D eigenvalue weighted by atomic mass is 10.1. The number of rotatable bonds is 9. The normalized spacial score (nSPS) is 11.4. The van der Waals surface area contributed by atoms with Crippen LogP contribution in [0.15, 0.2) is 24.3 Å². The molecular weight excluding hydrogens is 292 g/mol. The molecule has 23 heavy (non-hydrogen) atoms. The zero-order chi connectivity index (χ0) is 17.2. The smallest absolute Gasteiger partial charge is 0.223 e. The first-order valence-corrected chi connectivity index (χ1v) is 7.95. The van der Waals surface area contributed by atoms with E-state index in [1.807, 2.05) is 13.8 Å². The van der Waals surface area contributed by atoms with Gasteiger partial charge in [0.1, 0.15) is 5.75 Å². The van der Waals surface area contributed by atoms with Gasteiger partial charge >= 0.3 is 0 Å². The first-order chi connectivity index (χ1) is 11.0. The van der Waals surface area contributed by atoms with E-state index in [1.165, 1.54) is 0 Å². The van der Waals surface area contributed by atoms with Crippen LogP contribution in [0.2, 0.25) is 0 Å². The topological polar surface area (TPSA) is 70.4 Å². The van der Waals surface area contributed by atoms with Gasteiger partial charge in [-0.3, -0.25) is 9.59 Å². The Labute approximate surface area is 137 Å². The van der Waals surface area contributed by atoms with Crippen LogP contribution in [-0.2, 0) is 4.79 Å². The molecular formula is C18H24N2O3. The molecule has 0 aliphatic rings. The van der Waals surface area contributed by atoms with Crippen LogP contribution in [0.4, 0.5) is 0 Å². The monoisotopic (exact) mass is 316 g/mol. The Bertz CT molecular complexity index is 561. The fourth-order valence-electron chi connectivity index (χ4n) is 2.21. The Morgan fingerprint density at radius 3 is 2.39 bits per heavy atom. The average Bonchev–Trinajstić information content (AvgIpc) is 2.57. The third-order valence-electron chi connectivity index (χ3n) is 3.50. The van der Waals surface area contributed by atoms with E-state index in [-0.39, 0.29) is 30.4 Å². The van der Waals surface area contributed by atoms with E-state index < -0.39 is 0 Å². The minimum absolute atomic E-state index is 0.0641. The minimum atomic E-state index is -0.208. The molecule has 1 rings (SSSR count). The van der Waals surface area contributed by atoms with Crippen LogP contribution < -0.4 is 4.74 Å². The Balaban J connectivity index is 2.54. The summed E-state index contributed by atoms with van der Waals surface area (Å²) in [7, 11) is 0.